The van der Waals surface area contributed by atoms with Crippen molar-refractivity contribution in [1.82, 2.24) is 4.90 Å². The van der Waals surface area contributed by atoms with Gasteiger partial charge in [0.25, 0.3) is 0 Å². The molecule has 0 aliphatic heterocycles. The summed E-state index contributed by atoms with van der Waals surface area (Å²) in [6.45, 7) is 0.228. The first-order valence-corrected chi connectivity index (χ1v) is 6.87. The van der Waals surface area contributed by atoms with Crippen molar-refractivity contribution in [3.8, 4) is 0 Å². The Morgan fingerprint density at radius 1 is 1.15 bits per heavy atom. The van der Waals surface area contributed by atoms with Crippen LogP contribution in [0.4, 0.5) is 14.5 Å². The predicted molar refractivity (Wildman–Crippen MR) is 75.8 cm³/mol. The minimum Gasteiger partial charge on any atom is -0.392 e. The molecule has 5 heteroatoms. The van der Waals surface area contributed by atoms with Gasteiger partial charge in [-0.2, -0.15) is 0 Å². The van der Waals surface area contributed by atoms with E-state index in [4.69, 9.17) is 5.11 Å². The predicted octanol–water partition coefficient (Wildman–Crippen LogP) is 2.38. The molecule has 0 unspecified atom stereocenters. The fraction of sp³-hybridized carbons (Fsp3) is 0.600. The maximum Gasteiger partial charge on any atom is 0.149 e. The van der Waals surface area contributed by atoms with Gasteiger partial charge < -0.3 is 14.9 Å². The van der Waals surface area contributed by atoms with E-state index in [-0.39, 0.29) is 23.4 Å². The number of aliphatic hydroxyl groups is 1. The van der Waals surface area contributed by atoms with Crippen LogP contribution in [0.2, 0.25) is 0 Å². The topological polar surface area (TPSA) is 26.7 Å². The number of likely N-dealkylation sites (N-methyl/N-ethyl adjacent to an activating group) is 2. The SMILES string of the molecule is CN(CC1(N(C)C)CCC1)c1c(F)cc(CO)cc1F. The van der Waals surface area contributed by atoms with Gasteiger partial charge in [0.2, 0.25) is 0 Å². The van der Waals surface area contributed by atoms with Gasteiger partial charge in [-0.25, -0.2) is 8.78 Å². The van der Waals surface area contributed by atoms with E-state index in [1.807, 2.05) is 14.1 Å². The molecule has 112 valence electrons. The zero-order valence-electron chi connectivity index (χ0n) is 12.3. The fourth-order valence-electron chi connectivity index (χ4n) is 2.93. The van der Waals surface area contributed by atoms with Crippen molar-refractivity contribution >= 4 is 5.69 Å². The summed E-state index contributed by atoms with van der Waals surface area (Å²) in [7, 11) is 5.73. The van der Waals surface area contributed by atoms with Gasteiger partial charge in [0, 0.05) is 19.1 Å². The molecule has 0 saturated heterocycles. The number of anilines is 1. The Hall–Kier alpha value is -1.20. The molecule has 20 heavy (non-hydrogen) atoms. The molecule has 1 aliphatic rings. The van der Waals surface area contributed by atoms with Gasteiger partial charge in [-0.15, -0.1) is 0 Å². The van der Waals surface area contributed by atoms with Crippen LogP contribution in [0.25, 0.3) is 0 Å². The molecule has 0 amide bonds. The largest absolute Gasteiger partial charge is 0.392 e. The van der Waals surface area contributed by atoms with Crippen molar-refractivity contribution in [3.05, 3.63) is 29.3 Å². The molecule has 3 nitrogen and oxygen atoms in total. The lowest BCUT2D eigenvalue weighted by Crippen LogP contribution is -2.57. The number of aliphatic hydroxyl groups excluding tert-OH is 1. The van der Waals surface area contributed by atoms with Gasteiger partial charge in [-0.1, -0.05) is 0 Å². The molecule has 1 fully saturated rings. The summed E-state index contributed by atoms with van der Waals surface area (Å²) in [5, 5.41) is 8.97. The molecule has 1 saturated carbocycles. The van der Waals surface area contributed by atoms with Gasteiger partial charge in [0.05, 0.1) is 6.61 Å². The maximum atomic E-state index is 14.0. The lowest BCUT2D eigenvalue weighted by atomic mass is 9.75. The first-order valence-electron chi connectivity index (χ1n) is 6.87. The molecule has 1 N–H and O–H groups in total. The number of rotatable bonds is 5. The van der Waals surface area contributed by atoms with Crippen LogP contribution in [-0.2, 0) is 6.61 Å². The summed E-state index contributed by atoms with van der Waals surface area (Å²) < 4.78 is 28.1. The second-order valence-electron chi connectivity index (χ2n) is 5.89. The molecule has 0 aromatic heterocycles. The molecular formula is C15H22F2N2O. The van der Waals surface area contributed by atoms with Crippen LogP contribution in [0.5, 0.6) is 0 Å². The molecule has 0 bridgehead atoms. The van der Waals surface area contributed by atoms with Crippen molar-refractivity contribution in [2.75, 3.05) is 32.6 Å². The number of nitrogens with zero attached hydrogens (tertiary/aromatic N) is 2. The molecular weight excluding hydrogens is 262 g/mol. The van der Waals surface area contributed by atoms with E-state index in [0.717, 1.165) is 19.3 Å². The highest BCUT2D eigenvalue weighted by atomic mass is 19.1. The van der Waals surface area contributed by atoms with E-state index in [0.29, 0.717) is 6.54 Å². The summed E-state index contributed by atoms with van der Waals surface area (Å²) in [6.07, 6.45) is 3.24. The van der Waals surface area contributed by atoms with Gasteiger partial charge in [0.15, 0.2) is 0 Å². The normalized spacial score (nSPS) is 17.1. The highest BCUT2D eigenvalue weighted by molar-refractivity contribution is 5.50. The number of hydrogen-bond donors (Lipinski definition) is 1. The van der Waals surface area contributed by atoms with Crippen LogP contribution < -0.4 is 4.90 Å². The summed E-state index contributed by atoms with van der Waals surface area (Å²) in [6, 6.07) is 2.38. The standard InChI is InChI=1S/C15H22F2N2O/c1-18(2)15(5-4-6-15)10-19(3)14-12(16)7-11(9-20)8-13(14)17/h7-8,20H,4-6,9-10H2,1-3H3. The van der Waals surface area contributed by atoms with Gasteiger partial charge in [0.1, 0.15) is 17.3 Å². The average molecular weight is 284 g/mol. The Morgan fingerprint density at radius 3 is 2.05 bits per heavy atom. The van der Waals surface area contributed by atoms with E-state index in [2.05, 4.69) is 4.90 Å². The average Bonchev–Trinajstić information content (AvgIpc) is 2.32. The molecule has 1 aromatic carbocycles. The van der Waals surface area contributed by atoms with Crippen LogP contribution in [0.15, 0.2) is 12.1 Å². The monoisotopic (exact) mass is 284 g/mol. The fourth-order valence-corrected chi connectivity index (χ4v) is 2.93. The number of hydrogen-bond acceptors (Lipinski definition) is 3. The first-order chi connectivity index (χ1) is 9.39. The van der Waals surface area contributed by atoms with E-state index in [1.165, 1.54) is 12.1 Å². The lowest BCUT2D eigenvalue weighted by molar-refractivity contribution is 0.0680. The van der Waals surface area contributed by atoms with Gasteiger partial charge >= 0.3 is 0 Å². The van der Waals surface area contributed by atoms with Crippen molar-refractivity contribution < 1.29 is 13.9 Å². The van der Waals surface area contributed by atoms with E-state index in [1.54, 1.807) is 11.9 Å². The highest BCUT2D eigenvalue weighted by Crippen LogP contribution is 2.38. The lowest BCUT2D eigenvalue weighted by Gasteiger charge is -2.49. The smallest absolute Gasteiger partial charge is 0.149 e. The minimum absolute atomic E-state index is 0.00325. The van der Waals surface area contributed by atoms with Crippen LogP contribution in [-0.4, -0.2) is 43.2 Å². The summed E-state index contributed by atoms with van der Waals surface area (Å²) >= 11 is 0. The molecule has 1 aliphatic carbocycles. The minimum atomic E-state index is -0.621. The van der Waals surface area contributed by atoms with Crippen molar-refractivity contribution in [2.24, 2.45) is 0 Å². The van der Waals surface area contributed by atoms with Crippen molar-refractivity contribution in [2.45, 2.75) is 31.4 Å². The molecule has 0 spiro atoms. The van der Waals surface area contributed by atoms with Crippen LogP contribution in [0.1, 0.15) is 24.8 Å². The molecule has 0 radical (unpaired) electrons. The van der Waals surface area contributed by atoms with E-state index < -0.39 is 11.6 Å². The Balaban J connectivity index is 2.23. The second-order valence-corrected chi connectivity index (χ2v) is 5.89. The number of halogens is 2. The van der Waals surface area contributed by atoms with Crippen molar-refractivity contribution in [3.63, 3.8) is 0 Å². The van der Waals surface area contributed by atoms with E-state index in [9.17, 15) is 8.78 Å². The van der Waals surface area contributed by atoms with E-state index >= 15 is 0 Å². The Bertz CT molecular complexity index is 464. The van der Waals surface area contributed by atoms with Gasteiger partial charge in [-0.05, 0) is 51.1 Å². The van der Waals surface area contributed by atoms with Crippen molar-refractivity contribution in [1.29, 1.82) is 0 Å². The molecule has 2 rings (SSSR count). The number of benzene rings is 1. The Labute approximate surface area is 118 Å². The molecule has 0 atom stereocenters. The zero-order valence-corrected chi connectivity index (χ0v) is 12.3. The third-order valence-corrected chi connectivity index (χ3v) is 4.41. The van der Waals surface area contributed by atoms with Crippen LogP contribution in [0.3, 0.4) is 0 Å². The zero-order chi connectivity index (χ0) is 14.9. The quantitative estimate of drug-likeness (QED) is 0.899. The molecule has 0 heterocycles. The summed E-state index contributed by atoms with van der Waals surface area (Å²) in [4.78, 5) is 3.79. The first kappa shape index (κ1) is 15.2. The highest BCUT2D eigenvalue weighted by Gasteiger charge is 2.40. The third kappa shape index (κ3) is 2.65. The Kier molecular flexibility index (Phi) is 4.30. The second kappa shape index (κ2) is 5.66. The third-order valence-electron chi connectivity index (χ3n) is 4.41. The molecule has 1 aromatic rings. The van der Waals surface area contributed by atoms with Crippen LogP contribution >= 0.6 is 0 Å². The maximum absolute atomic E-state index is 14.0. The van der Waals surface area contributed by atoms with Gasteiger partial charge in [-0.3, -0.25) is 0 Å². The Morgan fingerprint density at radius 2 is 1.70 bits per heavy atom. The summed E-state index contributed by atoms with van der Waals surface area (Å²) in [5.74, 6) is -1.24. The summed E-state index contributed by atoms with van der Waals surface area (Å²) in [5.41, 5.74) is 0.238. The van der Waals surface area contributed by atoms with Crippen LogP contribution in [0, 0.1) is 11.6 Å².